The molecule has 0 spiro atoms. The van der Waals surface area contributed by atoms with E-state index in [-0.39, 0.29) is 0 Å². The number of hydrogen-bond donors (Lipinski definition) is 0. The molecule has 2 aromatic rings. The molecule has 0 N–H and O–H groups in total. The summed E-state index contributed by atoms with van der Waals surface area (Å²) in [7, 11) is 0. The third-order valence-corrected chi connectivity index (χ3v) is 4.98. The van der Waals surface area contributed by atoms with Crippen molar-refractivity contribution in [3.8, 4) is 5.75 Å². The molecule has 0 saturated carbocycles. The number of halogens is 2. The molecule has 0 amide bonds. The van der Waals surface area contributed by atoms with Crippen LogP contribution in [-0.4, -0.2) is 12.5 Å². The van der Waals surface area contributed by atoms with Gasteiger partial charge in [0.15, 0.2) is 0 Å². The van der Waals surface area contributed by atoms with Gasteiger partial charge >= 0.3 is 0 Å². The second-order valence-electron chi connectivity index (χ2n) is 5.64. The van der Waals surface area contributed by atoms with Crippen molar-refractivity contribution in [1.29, 1.82) is 0 Å². The molecule has 1 aliphatic rings. The minimum Gasteiger partial charge on any atom is -0.493 e. The summed E-state index contributed by atoms with van der Waals surface area (Å²) in [5, 5.41) is 0. The van der Waals surface area contributed by atoms with Crippen LogP contribution in [0.5, 0.6) is 5.75 Å². The molecule has 1 aliphatic heterocycles. The Kier molecular flexibility index (Phi) is 4.87. The highest BCUT2D eigenvalue weighted by molar-refractivity contribution is 9.10. The van der Waals surface area contributed by atoms with Crippen LogP contribution in [0.25, 0.3) is 0 Å². The first-order chi connectivity index (χ1) is 10.3. The van der Waals surface area contributed by atoms with Gasteiger partial charge in [0.25, 0.3) is 0 Å². The zero-order valence-corrected chi connectivity index (χ0v) is 14.1. The molecule has 2 aromatic carbocycles. The summed E-state index contributed by atoms with van der Waals surface area (Å²) in [4.78, 5) is 0. The van der Waals surface area contributed by atoms with Crippen LogP contribution in [-0.2, 0) is 6.42 Å². The van der Waals surface area contributed by atoms with Crippen molar-refractivity contribution < 1.29 is 4.74 Å². The zero-order chi connectivity index (χ0) is 14.7. The predicted octanol–water partition coefficient (Wildman–Crippen LogP) is 5.41. The van der Waals surface area contributed by atoms with Gasteiger partial charge in [0, 0.05) is 21.8 Å². The van der Waals surface area contributed by atoms with Gasteiger partial charge in [-0.25, -0.2) is 0 Å². The van der Waals surface area contributed by atoms with Gasteiger partial charge in [-0.2, -0.15) is 0 Å². The van der Waals surface area contributed by atoms with Gasteiger partial charge in [-0.15, -0.1) is 11.6 Å². The molecule has 0 aromatic heterocycles. The molecule has 2 atom stereocenters. The first-order valence-corrected chi connectivity index (χ1v) is 8.61. The standard InChI is InChI=1S/C18H18BrClO/c19-16-5-3-4-13(10-16)8-14(11-20)9-15-12-21-18-7-2-1-6-17(15)18/h1-7,10,14-15H,8-9,11-12H2. The Morgan fingerprint density at radius 3 is 2.86 bits per heavy atom. The minimum atomic E-state index is 0.470. The predicted molar refractivity (Wildman–Crippen MR) is 91.4 cm³/mol. The van der Waals surface area contributed by atoms with Crippen molar-refractivity contribution in [3.63, 3.8) is 0 Å². The Bertz CT molecular complexity index is 614. The van der Waals surface area contributed by atoms with E-state index in [1.165, 1.54) is 11.1 Å². The SMILES string of the molecule is ClCC(Cc1cccc(Br)c1)CC1COc2ccccc21. The molecular weight excluding hydrogens is 348 g/mol. The van der Waals surface area contributed by atoms with E-state index in [1.807, 2.05) is 6.07 Å². The molecule has 2 unspecified atom stereocenters. The first kappa shape index (κ1) is 14.9. The lowest BCUT2D eigenvalue weighted by Crippen LogP contribution is -2.13. The fourth-order valence-electron chi connectivity index (χ4n) is 3.02. The number of alkyl halides is 1. The van der Waals surface area contributed by atoms with Crippen LogP contribution in [0.2, 0.25) is 0 Å². The molecule has 110 valence electrons. The second kappa shape index (κ2) is 6.85. The largest absolute Gasteiger partial charge is 0.493 e. The second-order valence-corrected chi connectivity index (χ2v) is 6.86. The zero-order valence-electron chi connectivity index (χ0n) is 11.8. The lowest BCUT2D eigenvalue weighted by atomic mass is 9.88. The van der Waals surface area contributed by atoms with Crippen molar-refractivity contribution in [2.75, 3.05) is 12.5 Å². The van der Waals surface area contributed by atoms with Crippen LogP contribution < -0.4 is 4.74 Å². The number of para-hydroxylation sites is 1. The van der Waals surface area contributed by atoms with Gasteiger partial charge in [-0.3, -0.25) is 0 Å². The van der Waals surface area contributed by atoms with Gasteiger partial charge in [-0.05, 0) is 42.5 Å². The number of hydrogen-bond acceptors (Lipinski definition) is 1. The molecule has 0 aliphatic carbocycles. The Hall–Kier alpha value is -0.990. The van der Waals surface area contributed by atoms with Crippen molar-refractivity contribution in [2.24, 2.45) is 5.92 Å². The van der Waals surface area contributed by atoms with E-state index in [2.05, 4.69) is 58.4 Å². The smallest absolute Gasteiger partial charge is 0.122 e. The fourth-order valence-corrected chi connectivity index (χ4v) is 3.71. The summed E-state index contributed by atoms with van der Waals surface area (Å²) >= 11 is 9.74. The van der Waals surface area contributed by atoms with Gasteiger partial charge in [0.2, 0.25) is 0 Å². The van der Waals surface area contributed by atoms with Gasteiger partial charge in [0.1, 0.15) is 5.75 Å². The third kappa shape index (κ3) is 3.61. The average molecular weight is 366 g/mol. The number of ether oxygens (including phenoxy) is 1. The number of rotatable bonds is 5. The van der Waals surface area contributed by atoms with Crippen LogP contribution in [0.15, 0.2) is 53.0 Å². The van der Waals surface area contributed by atoms with Crippen molar-refractivity contribution in [3.05, 3.63) is 64.1 Å². The maximum Gasteiger partial charge on any atom is 0.122 e. The van der Waals surface area contributed by atoms with Crippen LogP contribution in [0.1, 0.15) is 23.5 Å². The lowest BCUT2D eigenvalue weighted by molar-refractivity contribution is 0.310. The molecule has 3 heteroatoms. The monoisotopic (exact) mass is 364 g/mol. The van der Waals surface area contributed by atoms with Gasteiger partial charge in [-0.1, -0.05) is 46.3 Å². The highest BCUT2D eigenvalue weighted by atomic mass is 79.9. The summed E-state index contributed by atoms with van der Waals surface area (Å²) in [5.74, 6) is 2.67. The van der Waals surface area contributed by atoms with E-state index in [0.29, 0.717) is 17.7 Å². The van der Waals surface area contributed by atoms with Gasteiger partial charge in [0.05, 0.1) is 6.61 Å². The van der Waals surface area contributed by atoms with Crippen molar-refractivity contribution in [2.45, 2.75) is 18.8 Å². The molecular formula is C18H18BrClO. The maximum atomic E-state index is 6.21. The van der Waals surface area contributed by atoms with E-state index in [0.717, 1.165) is 29.7 Å². The summed E-state index contributed by atoms with van der Waals surface area (Å²) < 4.78 is 6.90. The highest BCUT2D eigenvalue weighted by Gasteiger charge is 2.26. The number of fused-ring (bicyclic) bond motifs is 1. The van der Waals surface area contributed by atoms with E-state index < -0.39 is 0 Å². The molecule has 1 heterocycles. The lowest BCUT2D eigenvalue weighted by Gasteiger charge is -2.18. The molecule has 0 radical (unpaired) electrons. The first-order valence-electron chi connectivity index (χ1n) is 7.28. The summed E-state index contributed by atoms with van der Waals surface area (Å²) in [6.07, 6.45) is 2.09. The van der Waals surface area contributed by atoms with Crippen molar-refractivity contribution in [1.82, 2.24) is 0 Å². The summed E-state index contributed by atoms with van der Waals surface area (Å²) in [6, 6.07) is 16.8. The fraction of sp³-hybridized carbons (Fsp3) is 0.333. The van der Waals surface area contributed by atoms with E-state index in [9.17, 15) is 0 Å². The minimum absolute atomic E-state index is 0.470. The Balaban J connectivity index is 1.68. The molecule has 0 bridgehead atoms. The van der Waals surface area contributed by atoms with E-state index >= 15 is 0 Å². The summed E-state index contributed by atoms with van der Waals surface area (Å²) in [6.45, 7) is 0.783. The Labute approximate surface area is 139 Å². The van der Waals surface area contributed by atoms with Gasteiger partial charge < -0.3 is 4.74 Å². The van der Waals surface area contributed by atoms with Crippen LogP contribution in [0, 0.1) is 5.92 Å². The Morgan fingerprint density at radius 2 is 2.05 bits per heavy atom. The average Bonchev–Trinajstić information content (AvgIpc) is 2.90. The van der Waals surface area contributed by atoms with Crippen LogP contribution in [0.4, 0.5) is 0 Å². The molecule has 21 heavy (non-hydrogen) atoms. The summed E-state index contributed by atoms with van der Waals surface area (Å²) in [5.41, 5.74) is 2.67. The normalized spacial score (nSPS) is 18.1. The highest BCUT2D eigenvalue weighted by Crippen LogP contribution is 2.38. The molecule has 1 nitrogen and oxygen atoms in total. The van der Waals surface area contributed by atoms with E-state index in [4.69, 9.17) is 16.3 Å². The van der Waals surface area contributed by atoms with E-state index in [1.54, 1.807) is 0 Å². The molecule has 0 fully saturated rings. The topological polar surface area (TPSA) is 9.23 Å². The molecule has 3 rings (SSSR count). The quantitative estimate of drug-likeness (QED) is 0.643. The van der Waals surface area contributed by atoms with Crippen molar-refractivity contribution >= 4 is 27.5 Å². The third-order valence-electron chi connectivity index (χ3n) is 4.05. The van der Waals surface area contributed by atoms with Crippen LogP contribution >= 0.6 is 27.5 Å². The molecule has 0 saturated heterocycles. The number of benzene rings is 2. The maximum absolute atomic E-state index is 6.21. The van der Waals surface area contributed by atoms with Crippen LogP contribution in [0.3, 0.4) is 0 Å². The Morgan fingerprint density at radius 1 is 1.19 bits per heavy atom.